The van der Waals surface area contributed by atoms with Crippen molar-refractivity contribution in [1.82, 2.24) is 0 Å². The molecule has 112 valence electrons. The lowest BCUT2D eigenvalue weighted by atomic mass is 9.92. The van der Waals surface area contributed by atoms with Crippen LogP contribution in [-0.2, 0) is 14.0 Å². The summed E-state index contributed by atoms with van der Waals surface area (Å²) in [5.74, 6) is 0. The lowest BCUT2D eigenvalue weighted by Crippen LogP contribution is -2.37. The molecule has 19 heavy (non-hydrogen) atoms. The van der Waals surface area contributed by atoms with Gasteiger partial charge in [0.15, 0.2) is 0 Å². The molecule has 0 spiro atoms. The van der Waals surface area contributed by atoms with Crippen LogP contribution in [0.5, 0.6) is 0 Å². The van der Waals surface area contributed by atoms with E-state index in [1.165, 1.54) is 7.85 Å². The number of aliphatic hydroxyl groups excluding tert-OH is 1. The second kappa shape index (κ2) is 6.11. The number of halogens is 3. The maximum Gasteiger partial charge on any atom is 0.394 e. The topological polar surface area (TPSA) is 96.2 Å². The van der Waals surface area contributed by atoms with Crippen molar-refractivity contribution in [2.75, 3.05) is 13.3 Å². The minimum Gasteiger partial charge on any atom is -0.388 e. The number of rotatable bonds is 6. The van der Waals surface area contributed by atoms with Crippen molar-refractivity contribution < 1.29 is 42.1 Å². The first-order valence-corrected chi connectivity index (χ1v) is 7.16. The maximum absolute atomic E-state index is 13.2. The van der Waals surface area contributed by atoms with Gasteiger partial charge in [0, 0.05) is 0 Å². The molecule has 1 aliphatic heterocycles. The van der Waals surface area contributed by atoms with Crippen LogP contribution in [0.2, 0.25) is 0 Å². The summed E-state index contributed by atoms with van der Waals surface area (Å²) in [6, 6.07) is -0.779. The normalized spacial score (nSPS) is 32.7. The summed E-state index contributed by atoms with van der Waals surface area (Å²) in [7, 11) is -4.20. The van der Waals surface area contributed by atoms with Crippen LogP contribution >= 0.6 is 7.60 Å². The second-order valence-electron chi connectivity index (χ2n) is 4.31. The molecule has 0 aromatic rings. The fourth-order valence-electron chi connectivity index (χ4n) is 1.87. The summed E-state index contributed by atoms with van der Waals surface area (Å²) in [4.78, 5) is 17.0. The first-order valence-electron chi connectivity index (χ1n) is 5.54. The maximum atomic E-state index is 13.2. The first-order chi connectivity index (χ1) is 8.60. The van der Waals surface area contributed by atoms with Gasteiger partial charge in [-0.25, -0.2) is 4.39 Å². The number of aliphatic hydroxyl groups is 1. The molecule has 4 atom stereocenters. The van der Waals surface area contributed by atoms with E-state index in [1.54, 1.807) is 0 Å². The van der Waals surface area contributed by atoms with Crippen LogP contribution in [0.3, 0.4) is 0 Å². The largest absolute Gasteiger partial charge is 0.394 e. The van der Waals surface area contributed by atoms with Gasteiger partial charge < -0.3 is 24.4 Å². The highest BCUT2D eigenvalue weighted by Crippen LogP contribution is 2.56. The molecule has 0 radical (unpaired) electrons. The Hall–Kier alpha value is -0.115. The van der Waals surface area contributed by atoms with Crippen molar-refractivity contribution in [3.8, 4) is 0 Å². The van der Waals surface area contributed by atoms with Crippen molar-refractivity contribution in [1.29, 1.82) is 0 Å². The molecule has 6 nitrogen and oxygen atoms in total. The monoisotopic (exact) mass is 306 g/mol. The molecular weight excluding hydrogens is 291 g/mol. The van der Waals surface area contributed by atoms with Crippen LogP contribution in [0, 0.1) is 0 Å². The van der Waals surface area contributed by atoms with E-state index in [2.05, 4.69) is 0 Å². The molecule has 1 heterocycles. The summed E-state index contributed by atoms with van der Waals surface area (Å²) >= 11 is 0. The van der Waals surface area contributed by atoms with Crippen LogP contribution in [0.15, 0.2) is 0 Å². The van der Waals surface area contributed by atoms with Crippen molar-refractivity contribution in [3.63, 3.8) is 0 Å². The van der Waals surface area contributed by atoms with E-state index in [4.69, 9.17) is 19.3 Å². The van der Waals surface area contributed by atoms with Gasteiger partial charge >= 0.3 is 13.3 Å². The van der Waals surface area contributed by atoms with Crippen LogP contribution in [0.4, 0.5) is 13.2 Å². The molecule has 1 fully saturated rings. The van der Waals surface area contributed by atoms with Gasteiger partial charge in [-0.3, -0.25) is 4.57 Å². The molecule has 1 rings (SSSR count). The number of ether oxygens (including phenoxy) is 2. The summed E-state index contributed by atoms with van der Waals surface area (Å²) in [6.07, 6.45) is -5.33. The Morgan fingerprint density at radius 3 is 2.47 bits per heavy atom. The molecule has 11 heteroatoms. The van der Waals surface area contributed by atoms with Gasteiger partial charge in [0.1, 0.15) is 26.7 Å². The fourth-order valence-corrected chi connectivity index (χ4v) is 2.29. The molecule has 0 bridgehead atoms. The SMILES string of the molecule is B[C@@H]1O[C@H](CC(F)(F)P(=O)(O)O)[C@@H](O)[C@H]1OCCF. The Kier molecular flexibility index (Phi) is 5.45. The van der Waals surface area contributed by atoms with Gasteiger partial charge in [0.25, 0.3) is 0 Å². The van der Waals surface area contributed by atoms with Gasteiger partial charge in [0.05, 0.1) is 25.1 Å². The van der Waals surface area contributed by atoms with Crippen LogP contribution in [-0.4, -0.2) is 66.0 Å². The minimum atomic E-state index is -5.63. The Morgan fingerprint density at radius 2 is 2.00 bits per heavy atom. The fraction of sp³-hybridized carbons (Fsp3) is 1.00. The number of hydrogen-bond donors (Lipinski definition) is 3. The molecular formula is C8H15BF3O6P. The van der Waals surface area contributed by atoms with E-state index >= 15 is 0 Å². The van der Waals surface area contributed by atoms with E-state index in [0.717, 1.165) is 0 Å². The van der Waals surface area contributed by atoms with Crippen molar-refractivity contribution >= 4 is 15.4 Å². The van der Waals surface area contributed by atoms with Crippen LogP contribution < -0.4 is 0 Å². The highest BCUT2D eigenvalue weighted by atomic mass is 31.2. The molecule has 0 unspecified atom stereocenters. The smallest absolute Gasteiger partial charge is 0.388 e. The Balaban J connectivity index is 2.69. The summed E-state index contributed by atoms with van der Waals surface area (Å²) < 4.78 is 58.9. The molecule has 0 aromatic heterocycles. The molecule has 3 N–H and O–H groups in total. The number of hydrogen-bond acceptors (Lipinski definition) is 4. The van der Waals surface area contributed by atoms with Gasteiger partial charge in [-0.05, 0) is 0 Å². The third kappa shape index (κ3) is 3.93. The predicted octanol–water partition coefficient (Wildman–Crippen LogP) is -0.779. The van der Waals surface area contributed by atoms with E-state index < -0.39 is 50.7 Å². The van der Waals surface area contributed by atoms with E-state index in [9.17, 15) is 22.8 Å². The summed E-state index contributed by atoms with van der Waals surface area (Å²) in [5.41, 5.74) is -4.30. The molecule has 0 aromatic carbocycles. The zero-order valence-electron chi connectivity index (χ0n) is 10.1. The molecule has 1 saturated heterocycles. The van der Waals surface area contributed by atoms with Crippen molar-refractivity contribution in [2.45, 2.75) is 36.4 Å². The van der Waals surface area contributed by atoms with E-state index in [-0.39, 0.29) is 6.61 Å². The molecule has 0 saturated carbocycles. The molecule has 1 aliphatic rings. The standard InChI is InChI=1S/C8H15BF3O6P/c9-7-6(17-2-1-10)5(13)4(18-7)3-8(11,12)19(14,15)16/h4-7,13H,1-3,9H2,(H2,14,15,16)/t4-,5-,6-,7-/m1/s1. The summed E-state index contributed by atoms with van der Waals surface area (Å²) in [6.45, 7) is -1.13. The predicted molar refractivity (Wildman–Crippen MR) is 60.5 cm³/mol. The summed E-state index contributed by atoms with van der Waals surface area (Å²) in [5, 5.41) is 9.72. The van der Waals surface area contributed by atoms with Crippen LogP contribution in [0.25, 0.3) is 0 Å². The quantitative estimate of drug-likeness (QED) is 0.440. The zero-order valence-corrected chi connectivity index (χ0v) is 11.0. The van der Waals surface area contributed by atoms with E-state index in [1.807, 2.05) is 0 Å². The number of alkyl halides is 3. The van der Waals surface area contributed by atoms with E-state index in [0.29, 0.717) is 0 Å². The Bertz CT molecular complexity index is 353. The first kappa shape index (κ1) is 16.9. The van der Waals surface area contributed by atoms with Gasteiger partial charge in [-0.1, -0.05) is 0 Å². The Morgan fingerprint density at radius 1 is 1.42 bits per heavy atom. The highest BCUT2D eigenvalue weighted by molar-refractivity contribution is 7.53. The average molecular weight is 306 g/mol. The van der Waals surface area contributed by atoms with Crippen molar-refractivity contribution in [2.24, 2.45) is 0 Å². The second-order valence-corrected chi connectivity index (χ2v) is 6.05. The van der Waals surface area contributed by atoms with Gasteiger partial charge in [-0.15, -0.1) is 0 Å². The zero-order chi connectivity index (χ0) is 14.8. The third-order valence-electron chi connectivity index (χ3n) is 2.83. The minimum absolute atomic E-state index is 0.322. The highest BCUT2D eigenvalue weighted by Gasteiger charge is 2.54. The van der Waals surface area contributed by atoms with Gasteiger partial charge in [-0.2, -0.15) is 8.78 Å². The lowest BCUT2D eigenvalue weighted by molar-refractivity contribution is -0.0478. The lowest BCUT2D eigenvalue weighted by Gasteiger charge is -2.23. The molecule has 0 aliphatic carbocycles. The van der Waals surface area contributed by atoms with Crippen molar-refractivity contribution in [3.05, 3.63) is 0 Å². The third-order valence-corrected chi connectivity index (χ3v) is 3.86. The van der Waals surface area contributed by atoms with Gasteiger partial charge in [0.2, 0.25) is 0 Å². The molecule has 0 amide bonds. The Labute approximate surface area is 108 Å². The average Bonchev–Trinajstić information content (AvgIpc) is 2.50. The van der Waals surface area contributed by atoms with Crippen LogP contribution in [0.1, 0.15) is 6.42 Å².